The summed E-state index contributed by atoms with van der Waals surface area (Å²) >= 11 is 0. The van der Waals surface area contributed by atoms with Gasteiger partial charge in [-0.25, -0.2) is 0 Å². The van der Waals surface area contributed by atoms with Crippen molar-refractivity contribution in [3.63, 3.8) is 0 Å². The molecule has 0 heterocycles. The van der Waals surface area contributed by atoms with E-state index in [2.05, 4.69) is 20.8 Å². The average molecular weight is 228 g/mol. The van der Waals surface area contributed by atoms with E-state index in [4.69, 9.17) is 5.11 Å². The van der Waals surface area contributed by atoms with Crippen LogP contribution < -0.4 is 0 Å². The Labute approximate surface area is 100 Å². The van der Waals surface area contributed by atoms with Gasteiger partial charge in [-0.2, -0.15) is 0 Å². The molecular formula is C14H28O2. The third kappa shape index (κ3) is 6.86. The zero-order valence-corrected chi connectivity index (χ0v) is 11.2. The fraction of sp³-hybridized carbons (Fsp3) is 0.929. The van der Waals surface area contributed by atoms with Gasteiger partial charge >= 0.3 is 5.97 Å². The number of hydrogen-bond acceptors (Lipinski definition) is 1. The molecule has 0 aromatic rings. The second-order valence-electron chi connectivity index (χ2n) is 4.86. The summed E-state index contributed by atoms with van der Waals surface area (Å²) in [5, 5.41) is 9.15. The fourth-order valence-corrected chi connectivity index (χ4v) is 2.37. The molecule has 2 atom stereocenters. The van der Waals surface area contributed by atoms with Crippen LogP contribution in [-0.2, 0) is 4.79 Å². The third-order valence-electron chi connectivity index (χ3n) is 3.27. The molecule has 0 amide bonds. The molecule has 96 valence electrons. The molecule has 0 rings (SSSR count). The van der Waals surface area contributed by atoms with Gasteiger partial charge in [-0.3, -0.25) is 4.79 Å². The maximum atomic E-state index is 11.1. The van der Waals surface area contributed by atoms with Gasteiger partial charge in [0.05, 0.1) is 5.92 Å². The second-order valence-corrected chi connectivity index (χ2v) is 4.86. The molecule has 0 bridgehead atoms. The van der Waals surface area contributed by atoms with Crippen LogP contribution in [0.15, 0.2) is 0 Å². The molecule has 1 N–H and O–H groups in total. The van der Waals surface area contributed by atoms with Crippen LogP contribution in [0.2, 0.25) is 0 Å². The summed E-state index contributed by atoms with van der Waals surface area (Å²) in [5.41, 5.74) is 0. The van der Waals surface area contributed by atoms with Gasteiger partial charge in [-0.05, 0) is 18.8 Å². The summed E-state index contributed by atoms with van der Waals surface area (Å²) in [7, 11) is 0. The summed E-state index contributed by atoms with van der Waals surface area (Å²) in [6.45, 7) is 6.45. The summed E-state index contributed by atoms with van der Waals surface area (Å²) in [6, 6.07) is 0. The van der Waals surface area contributed by atoms with E-state index in [0.29, 0.717) is 5.92 Å². The lowest BCUT2D eigenvalue weighted by molar-refractivity contribution is -0.142. The summed E-state index contributed by atoms with van der Waals surface area (Å²) in [4.78, 5) is 11.1. The molecular weight excluding hydrogens is 200 g/mol. The van der Waals surface area contributed by atoms with Crippen LogP contribution in [0.5, 0.6) is 0 Å². The molecule has 0 saturated carbocycles. The first-order valence-corrected chi connectivity index (χ1v) is 6.88. The number of carboxylic acids is 1. The van der Waals surface area contributed by atoms with Gasteiger partial charge in [-0.15, -0.1) is 0 Å². The highest BCUT2D eigenvalue weighted by Gasteiger charge is 2.20. The van der Waals surface area contributed by atoms with Crippen LogP contribution in [-0.4, -0.2) is 11.1 Å². The minimum atomic E-state index is -0.598. The minimum Gasteiger partial charge on any atom is -0.481 e. The van der Waals surface area contributed by atoms with Crippen molar-refractivity contribution in [2.75, 3.05) is 0 Å². The van der Waals surface area contributed by atoms with E-state index < -0.39 is 5.97 Å². The van der Waals surface area contributed by atoms with Gasteiger partial charge < -0.3 is 5.11 Å². The standard InChI is InChI=1S/C14H28O2/c1-4-7-10-12(8-5-2)11-13(9-6-3)14(15)16/h12-13H,4-11H2,1-3H3,(H,15,16). The molecule has 0 aromatic heterocycles. The van der Waals surface area contributed by atoms with Gasteiger partial charge in [0, 0.05) is 0 Å². The van der Waals surface area contributed by atoms with Crippen molar-refractivity contribution in [1.82, 2.24) is 0 Å². The summed E-state index contributed by atoms with van der Waals surface area (Å²) < 4.78 is 0. The Bertz CT molecular complexity index is 178. The van der Waals surface area contributed by atoms with Crippen LogP contribution in [0.4, 0.5) is 0 Å². The van der Waals surface area contributed by atoms with Gasteiger partial charge in [0.15, 0.2) is 0 Å². The molecule has 2 nitrogen and oxygen atoms in total. The van der Waals surface area contributed by atoms with Crippen molar-refractivity contribution < 1.29 is 9.90 Å². The van der Waals surface area contributed by atoms with Crippen LogP contribution in [0, 0.1) is 11.8 Å². The zero-order valence-electron chi connectivity index (χ0n) is 11.2. The zero-order chi connectivity index (χ0) is 12.4. The Morgan fingerprint density at radius 1 is 1.00 bits per heavy atom. The average Bonchev–Trinajstić information content (AvgIpc) is 2.25. The monoisotopic (exact) mass is 228 g/mol. The van der Waals surface area contributed by atoms with E-state index in [1.54, 1.807) is 0 Å². The van der Waals surface area contributed by atoms with E-state index in [9.17, 15) is 4.79 Å². The first-order chi connectivity index (χ1) is 7.65. The highest BCUT2D eigenvalue weighted by atomic mass is 16.4. The Morgan fingerprint density at radius 3 is 2.06 bits per heavy atom. The predicted molar refractivity (Wildman–Crippen MR) is 68.6 cm³/mol. The number of carboxylic acid groups (broad SMARTS) is 1. The normalized spacial score (nSPS) is 14.7. The molecule has 0 aliphatic carbocycles. The molecule has 2 unspecified atom stereocenters. The SMILES string of the molecule is CCCCC(CCC)CC(CCC)C(=O)O. The van der Waals surface area contributed by atoms with Crippen LogP contribution in [0.1, 0.15) is 72.1 Å². The van der Waals surface area contributed by atoms with Gasteiger partial charge in [0.25, 0.3) is 0 Å². The number of carbonyl (C=O) groups is 1. The quantitative estimate of drug-likeness (QED) is 0.598. The highest BCUT2D eigenvalue weighted by Crippen LogP contribution is 2.25. The molecule has 2 heteroatoms. The first kappa shape index (κ1) is 15.5. The Hall–Kier alpha value is -0.530. The van der Waals surface area contributed by atoms with Crippen molar-refractivity contribution in [1.29, 1.82) is 0 Å². The van der Waals surface area contributed by atoms with Crippen LogP contribution >= 0.6 is 0 Å². The van der Waals surface area contributed by atoms with E-state index in [-0.39, 0.29) is 5.92 Å². The lowest BCUT2D eigenvalue weighted by atomic mass is 9.85. The second kappa shape index (κ2) is 9.68. The maximum absolute atomic E-state index is 11.1. The van der Waals surface area contributed by atoms with E-state index >= 15 is 0 Å². The van der Waals surface area contributed by atoms with Crippen molar-refractivity contribution >= 4 is 5.97 Å². The molecule has 16 heavy (non-hydrogen) atoms. The van der Waals surface area contributed by atoms with Crippen molar-refractivity contribution in [2.45, 2.75) is 72.1 Å². The topological polar surface area (TPSA) is 37.3 Å². The Balaban J connectivity index is 4.14. The Morgan fingerprint density at radius 2 is 1.62 bits per heavy atom. The predicted octanol–water partition coefficient (Wildman–Crippen LogP) is 4.48. The molecule has 0 saturated heterocycles. The number of unbranched alkanes of at least 4 members (excludes halogenated alkanes) is 1. The Kier molecular flexibility index (Phi) is 9.36. The molecule has 0 fully saturated rings. The van der Waals surface area contributed by atoms with Crippen LogP contribution in [0.25, 0.3) is 0 Å². The fourth-order valence-electron chi connectivity index (χ4n) is 2.37. The van der Waals surface area contributed by atoms with E-state index in [1.807, 2.05) is 0 Å². The van der Waals surface area contributed by atoms with E-state index in [0.717, 1.165) is 19.3 Å². The summed E-state index contributed by atoms with van der Waals surface area (Å²) in [6.07, 6.45) is 8.72. The number of aliphatic carboxylic acids is 1. The van der Waals surface area contributed by atoms with Crippen molar-refractivity contribution in [2.24, 2.45) is 11.8 Å². The van der Waals surface area contributed by atoms with Gasteiger partial charge in [0.1, 0.15) is 0 Å². The largest absolute Gasteiger partial charge is 0.481 e. The smallest absolute Gasteiger partial charge is 0.306 e. The lowest BCUT2D eigenvalue weighted by Gasteiger charge is -2.20. The van der Waals surface area contributed by atoms with E-state index in [1.165, 1.54) is 32.1 Å². The summed E-state index contributed by atoms with van der Waals surface area (Å²) in [5.74, 6) is -0.0875. The van der Waals surface area contributed by atoms with Crippen molar-refractivity contribution in [3.8, 4) is 0 Å². The number of rotatable bonds is 10. The minimum absolute atomic E-state index is 0.113. The van der Waals surface area contributed by atoms with Crippen LogP contribution in [0.3, 0.4) is 0 Å². The van der Waals surface area contributed by atoms with Gasteiger partial charge in [0.2, 0.25) is 0 Å². The molecule has 0 spiro atoms. The lowest BCUT2D eigenvalue weighted by Crippen LogP contribution is -2.18. The maximum Gasteiger partial charge on any atom is 0.306 e. The molecule has 0 aliphatic heterocycles. The molecule has 0 aliphatic rings. The third-order valence-corrected chi connectivity index (χ3v) is 3.27. The highest BCUT2D eigenvalue weighted by molar-refractivity contribution is 5.69. The van der Waals surface area contributed by atoms with Gasteiger partial charge in [-0.1, -0.05) is 59.3 Å². The molecule has 0 aromatic carbocycles. The molecule has 0 radical (unpaired) electrons. The first-order valence-electron chi connectivity index (χ1n) is 6.88. The number of hydrogen-bond donors (Lipinski definition) is 1. The van der Waals surface area contributed by atoms with Crippen molar-refractivity contribution in [3.05, 3.63) is 0 Å².